The second-order valence-corrected chi connectivity index (χ2v) is 9.08. The first kappa shape index (κ1) is 23.1. The Balaban J connectivity index is 1.38. The van der Waals surface area contributed by atoms with Crippen LogP contribution in [0.1, 0.15) is 23.7 Å². The van der Waals surface area contributed by atoms with Crippen LogP contribution >= 0.6 is 11.6 Å². The lowest BCUT2D eigenvalue weighted by molar-refractivity contribution is 0.0560. The van der Waals surface area contributed by atoms with Crippen LogP contribution in [0.4, 0.5) is 4.79 Å². The molecule has 180 valence electrons. The third-order valence-electron chi connectivity index (χ3n) is 6.28. The predicted molar refractivity (Wildman–Crippen MR) is 136 cm³/mol. The van der Waals surface area contributed by atoms with E-state index in [0.717, 1.165) is 34.1 Å². The largest absolute Gasteiger partial charge is 0.449 e. The van der Waals surface area contributed by atoms with Gasteiger partial charge in [0.25, 0.3) is 5.91 Å². The van der Waals surface area contributed by atoms with Crippen LogP contribution in [0.3, 0.4) is 0 Å². The number of carbonyl (C=O) groups excluding carboxylic acids is 2. The summed E-state index contributed by atoms with van der Waals surface area (Å²) in [6.45, 7) is 4.17. The molecule has 0 saturated carbocycles. The summed E-state index contributed by atoms with van der Waals surface area (Å²) < 4.78 is 7.16. The van der Waals surface area contributed by atoms with Gasteiger partial charge in [0.15, 0.2) is 0 Å². The molecule has 2 aromatic heterocycles. The summed E-state index contributed by atoms with van der Waals surface area (Å²) in [5.74, 6) is -0.0910. The van der Waals surface area contributed by atoms with Crippen LogP contribution in [0, 0.1) is 0 Å². The number of pyridine rings is 1. The van der Waals surface area contributed by atoms with Crippen molar-refractivity contribution in [1.82, 2.24) is 24.3 Å². The van der Waals surface area contributed by atoms with Crippen LogP contribution in [0.2, 0.25) is 5.02 Å². The highest BCUT2D eigenvalue weighted by Gasteiger charge is 2.26. The number of ether oxygens (including phenoxy) is 1. The first-order chi connectivity index (χ1) is 16.9. The van der Waals surface area contributed by atoms with Crippen molar-refractivity contribution in [3.05, 3.63) is 59.4 Å². The number of fused-ring (bicyclic) bond motifs is 2. The molecule has 3 heterocycles. The van der Waals surface area contributed by atoms with E-state index in [0.29, 0.717) is 48.9 Å². The van der Waals surface area contributed by atoms with Crippen LogP contribution < -0.4 is 0 Å². The molecule has 0 unspecified atom stereocenters. The van der Waals surface area contributed by atoms with Crippen LogP contribution in [-0.4, -0.2) is 69.1 Å². The molecule has 2 amide bonds. The number of hydrogen-bond donors (Lipinski definition) is 0. The zero-order valence-electron chi connectivity index (χ0n) is 19.7. The second-order valence-electron chi connectivity index (χ2n) is 8.67. The first-order valence-electron chi connectivity index (χ1n) is 11.7. The minimum Gasteiger partial charge on any atom is -0.449 e. The van der Waals surface area contributed by atoms with Gasteiger partial charge >= 0.3 is 6.09 Å². The standard InChI is InChI=1S/C26H26ClN5O3/c1-3-12-35-26(34)32-10-8-31(9-11-32)25(33)18-4-6-19-20(27)15-21(29-22(19)14-18)17-5-7-24-23(13-17)28-16-30(24)2/h4-7,13-16H,3,8-12H2,1-2H3. The molecule has 0 spiro atoms. The van der Waals surface area contributed by atoms with Crippen molar-refractivity contribution in [2.75, 3.05) is 32.8 Å². The lowest BCUT2D eigenvalue weighted by Gasteiger charge is -2.34. The molecule has 1 aliphatic rings. The Hall–Kier alpha value is -3.65. The minimum atomic E-state index is -0.320. The van der Waals surface area contributed by atoms with Crippen molar-refractivity contribution >= 4 is 45.5 Å². The number of halogens is 1. The second kappa shape index (κ2) is 9.54. The van der Waals surface area contributed by atoms with E-state index in [9.17, 15) is 9.59 Å². The molecule has 0 aliphatic carbocycles. The first-order valence-corrected chi connectivity index (χ1v) is 12.0. The van der Waals surface area contributed by atoms with Gasteiger partial charge in [-0.1, -0.05) is 30.7 Å². The minimum absolute atomic E-state index is 0.0910. The Kier molecular flexibility index (Phi) is 6.30. The van der Waals surface area contributed by atoms with Crippen molar-refractivity contribution in [1.29, 1.82) is 0 Å². The molecule has 2 aromatic carbocycles. The van der Waals surface area contributed by atoms with Crippen LogP contribution in [-0.2, 0) is 11.8 Å². The van der Waals surface area contributed by atoms with Crippen LogP contribution in [0.5, 0.6) is 0 Å². The fourth-order valence-electron chi connectivity index (χ4n) is 4.32. The number of amides is 2. The average molecular weight is 492 g/mol. The third-order valence-corrected chi connectivity index (χ3v) is 6.59. The Labute approximate surface area is 208 Å². The van der Waals surface area contributed by atoms with Crippen molar-refractivity contribution in [2.45, 2.75) is 13.3 Å². The normalized spacial score (nSPS) is 14.0. The number of imidazole rings is 1. The maximum atomic E-state index is 13.2. The molecule has 5 rings (SSSR count). The van der Waals surface area contributed by atoms with E-state index in [2.05, 4.69) is 4.98 Å². The summed E-state index contributed by atoms with van der Waals surface area (Å²) >= 11 is 6.59. The number of nitrogens with zero attached hydrogens (tertiary/aromatic N) is 5. The molecule has 4 aromatic rings. The zero-order chi connectivity index (χ0) is 24.5. The van der Waals surface area contributed by atoms with E-state index in [1.807, 2.05) is 48.9 Å². The van der Waals surface area contributed by atoms with Crippen molar-refractivity contribution in [3.63, 3.8) is 0 Å². The van der Waals surface area contributed by atoms with E-state index >= 15 is 0 Å². The maximum Gasteiger partial charge on any atom is 0.409 e. The summed E-state index contributed by atoms with van der Waals surface area (Å²) in [6, 6.07) is 13.2. The van der Waals surface area contributed by atoms with Gasteiger partial charge in [-0.15, -0.1) is 0 Å². The summed E-state index contributed by atoms with van der Waals surface area (Å²) in [5.41, 5.74) is 4.74. The van der Waals surface area contributed by atoms with Gasteiger partial charge in [0.1, 0.15) is 0 Å². The monoisotopic (exact) mass is 491 g/mol. The van der Waals surface area contributed by atoms with Crippen LogP contribution in [0.25, 0.3) is 33.2 Å². The molecular formula is C26H26ClN5O3. The summed E-state index contributed by atoms with van der Waals surface area (Å²) in [7, 11) is 1.96. The summed E-state index contributed by atoms with van der Waals surface area (Å²) in [5, 5.41) is 1.36. The number of benzene rings is 2. The zero-order valence-corrected chi connectivity index (χ0v) is 20.5. The Morgan fingerprint density at radius 2 is 1.77 bits per heavy atom. The van der Waals surface area contributed by atoms with E-state index in [1.54, 1.807) is 28.3 Å². The van der Waals surface area contributed by atoms with Crippen molar-refractivity contribution in [3.8, 4) is 11.3 Å². The van der Waals surface area contributed by atoms with E-state index in [4.69, 9.17) is 21.3 Å². The Bertz CT molecular complexity index is 1430. The van der Waals surface area contributed by atoms with Gasteiger partial charge in [0.2, 0.25) is 0 Å². The summed E-state index contributed by atoms with van der Waals surface area (Å²) in [6.07, 6.45) is 2.24. The van der Waals surface area contributed by atoms with Gasteiger partial charge in [-0.25, -0.2) is 14.8 Å². The van der Waals surface area contributed by atoms with Gasteiger partial charge in [0.05, 0.1) is 40.2 Å². The molecular weight excluding hydrogens is 466 g/mol. The maximum absolute atomic E-state index is 13.2. The number of hydrogen-bond acceptors (Lipinski definition) is 5. The quantitative estimate of drug-likeness (QED) is 0.411. The summed E-state index contributed by atoms with van der Waals surface area (Å²) in [4.78, 5) is 37.9. The van der Waals surface area contributed by atoms with Crippen molar-refractivity contribution in [2.24, 2.45) is 7.05 Å². The van der Waals surface area contributed by atoms with E-state index in [-0.39, 0.29) is 12.0 Å². The highest BCUT2D eigenvalue weighted by atomic mass is 35.5. The average Bonchev–Trinajstić information content (AvgIpc) is 3.26. The molecule has 0 radical (unpaired) electrons. The molecule has 9 heteroatoms. The number of carbonyl (C=O) groups is 2. The molecule has 0 bridgehead atoms. The van der Waals surface area contributed by atoms with E-state index < -0.39 is 0 Å². The predicted octanol–water partition coefficient (Wildman–Crippen LogP) is 4.75. The van der Waals surface area contributed by atoms with Gasteiger partial charge in [-0.3, -0.25) is 4.79 Å². The molecule has 0 N–H and O–H groups in total. The van der Waals surface area contributed by atoms with Crippen molar-refractivity contribution < 1.29 is 14.3 Å². The highest BCUT2D eigenvalue weighted by Crippen LogP contribution is 2.30. The van der Waals surface area contributed by atoms with Gasteiger partial charge in [-0.05, 0) is 36.8 Å². The van der Waals surface area contributed by atoms with E-state index in [1.165, 1.54) is 0 Å². The lowest BCUT2D eigenvalue weighted by atomic mass is 10.1. The van der Waals surface area contributed by atoms with Crippen LogP contribution in [0.15, 0.2) is 48.8 Å². The highest BCUT2D eigenvalue weighted by molar-refractivity contribution is 6.35. The Morgan fingerprint density at radius 1 is 1.00 bits per heavy atom. The lowest BCUT2D eigenvalue weighted by Crippen LogP contribution is -2.50. The third kappa shape index (κ3) is 4.53. The molecule has 35 heavy (non-hydrogen) atoms. The Morgan fingerprint density at radius 3 is 2.54 bits per heavy atom. The molecule has 1 aliphatic heterocycles. The number of rotatable bonds is 4. The smallest absolute Gasteiger partial charge is 0.409 e. The van der Waals surface area contributed by atoms with Gasteiger partial charge in [-0.2, -0.15) is 0 Å². The topological polar surface area (TPSA) is 80.6 Å². The molecule has 1 saturated heterocycles. The number of aryl methyl sites for hydroxylation is 1. The fourth-order valence-corrected chi connectivity index (χ4v) is 4.58. The molecule has 1 fully saturated rings. The number of piperazine rings is 1. The molecule has 0 atom stereocenters. The van der Waals surface area contributed by atoms with Gasteiger partial charge < -0.3 is 19.1 Å². The number of aromatic nitrogens is 3. The molecule has 8 nitrogen and oxygen atoms in total. The van der Waals surface area contributed by atoms with Gasteiger partial charge in [0, 0.05) is 49.7 Å². The SMILES string of the molecule is CCCOC(=O)N1CCN(C(=O)c2ccc3c(Cl)cc(-c4ccc5c(c4)ncn5C)nc3c2)CC1. The fraction of sp³-hybridized carbons (Fsp3) is 0.308.